The topological polar surface area (TPSA) is 180 Å². The summed E-state index contributed by atoms with van der Waals surface area (Å²) < 4.78 is 42.5. The molecule has 2 unspecified atom stereocenters. The van der Waals surface area contributed by atoms with Crippen molar-refractivity contribution >= 4 is 30.1 Å². The summed E-state index contributed by atoms with van der Waals surface area (Å²) in [5.41, 5.74) is 0.839. The number of aromatic hydroxyl groups is 1. The van der Waals surface area contributed by atoms with Crippen LogP contribution in [0.1, 0.15) is 54.6 Å². The van der Waals surface area contributed by atoms with E-state index in [9.17, 15) is 32.7 Å². The normalized spacial score (nSPS) is 16.5. The van der Waals surface area contributed by atoms with Gasteiger partial charge in [0.05, 0.1) is 5.56 Å². The first-order valence-electron chi connectivity index (χ1n) is 11.4. The molecule has 3 rings (SSSR count). The van der Waals surface area contributed by atoms with Crippen LogP contribution in [-0.2, 0) is 14.3 Å². The third-order valence-corrected chi connectivity index (χ3v) is 5.24. The predicted octanol–water partition coefficient (Wildman–Crippen LogP) is 3.35. The molecule has 15 heteroatoms. The number of carbonyl (C=O) groups excluding carboxylic acids is 3. The summed E-state index contributed by atoms with van der Waals surface area (Å²) in [5, 5.41) is 29.1. The van der Waals surface area contributed by atoms with E-state index >= 15 is 0 Å². The second-order valence-corrected chi connectivity index (χ2v) is 8.12. The number of phenols is 1. The molecule has 208 valence electrons. The average molecular weight is 544 g/mol. The fourth-order valence-corrected chi connectivity index (χ4v) is 3.46. The molecule has 0 radical (unpaired) electrons. The summed E-state index contributed by atoms with van der Waals surface area (Å²) in [7, 11) is 0. The van der Waals surface area contributed by atoms with E-state index in [1.165, 1.54) is 18.2 Å². The number of alkyl halides is 3. The van der Waals surface area contributed by atoms with Crippen molar-refractivity contribution in [3.8, 4) is 11.5 Å². The number of ether oxygens (including phenoxy) is 2. The number of aromatic nitrogens is 2. The highest BCUT2D eigenvalue weighted by molar-refractivity contribution is 5.91. The maximum Gasteiger partial charge on any atom is 0.490 e. The van der Waals surface area contributed by atoms with Gasteiger partial charge in [0.25, 0.3) is 5.91 Å². The van der Waals surface area contributed by atoms with E-state index in [0.717, 1.165) is 25.0 Å². The number of phenolic OH excluding ortho intramolecular Hbond substituents is 1. The summed E-state index contributed by atoms with van der Waals surface area (Å²) in [5.74, 6) is -2.81. The molecule has 12 nitrogen and oxygen atoms in total. The Morgan fingerprint density at radius 3 is 2.61 bits per heavy atom. The van der Waals surface area contributed by atoms with Crippen LogP contribution < -0.4 is 15.4 Å². The van der Waals surface area contributed by atoms with Crippen molar-refractivity contribution in [2.45, 2.75) is 50.8 Å². The lowest BCUT2D eigenvalue weighted by molar-refractivity contribution is -0.192. The number of halogens is 3. The Kier molecular flexibility index (Phi) is 10.9. The van der Waals surface area contributed by atoms with Gasteiger partial charge >= 0.3 is 18.2 Å². The molecule has 38 heavy (non-hydrogen) atoms. The van der Waals surface area contributed by atoms with Gasteiger partial charge in [0.1, 0.15) is 17.6 Å². The number of aliphatic carboxylic acids is 1. The van der Waals surface area contributed by atoms with E-state index in [4.69, 9.17) is 19.4 Å². The van der Waals surface area contributed by atoms with Crippen LogP contribution in [0.5, 0.6) is 11.5 Å². The van der Waals surface area contributed by atoms with Crippen molar-refractivity contribution in [3.05, 3.63) is 35.5 Å². The summed E-state index contributed by atoms with van der Waals surface area (Å²) in [6.45, 7) is 2.21. The standard InChI is InChI=1S/C21H26N4O6.C2HF3O2/c1-2-8-22-21(29)31-14-7-6-13(9-14)16-10-19(25-24-16)23-20(28)12-30-18-5-3-4-17(27)15(18)11-26;3-2(4,5)1(6)7/h3-5,10-11,13-14,27H,2,6-9,12H2,1H3,(H,22,29)(H2,23,24,25,28);(H,6,7). The van der Waals surface area contributed by atoms with Crippen molar-refractivity contribution < 1.29 is 52.0 Å². The van der Waals surface area contributed by atoms with Crippen molar-refractivity contribution in [2.24, 2.45) is 0 Å². The summed E-state index contributed by atoms with van der Waals surface area (Å²) in [6, 6.07) is 6.11. The zero-order valence-electron chi connectivity index (χ0n) is 20.2. The zero-order chi connectivity index (χ0) is 28.3. The number of nitrogens with one attached hydrogen (secondary N) is 3. The molecule has 1 heterocycles. The minimum atomic E-state index is -5.08. The molecule has 0 saturated heterocycles. The van der Waals surface area contributed by atoms with Gasteiger partial charge in [0, 0.05) is 24.2 Å². The van der Waals surface area contributed by atoms with Crippen molar-refractivity contribution in [1.29, 1.82) is 0 Å². The largest absolute Gasteiger partial charge is 0.507 e. The van der Waals surface area contributed by atoms with Gasteiger partial charge in [-0.1, -0.05) is 13.0 Å². The van der Waals surface area contributed by atoms with Gasteiger partial charge in [0.15, 0.2) is 18.7 Å². The molecule has 1 saturated carbocycles. The highest BCUT2D eigenvalue weighted by Gasteiger charge is 2.38. The van der Waals surface area contributed by atoms with E-state index in [1.54, 1.807) is 6.07 Å². The minimum Gasteiger partial charge on any atom is -0.507 e. The summed E-state index contributed by atoms with van der Waals surface area (Å²) in [6.07, 6.45) is -2.01. The van der Waals surface area contributed by atoms with Crippen LogP contribution in [-0.4, -0.2) is 70.1 Å². The van der Waals surface area contributed by atoms with E-state index < -0.39 is 24.1 Å². The number of amides is 2. The molecule has 1 aliphatic rings. The second kappa shape index (κ2) is 13.9. The van der Waals surface area contributed by atoms with Crippen molar-refractivity contribution in [1.82, 2.24) is 15.5 Å². The Hall–Kier alpha value is -4.30. The lowest BCUT2D eigenvalue weighted by Gasteiger charge is -2.12. The van der Waals surface area contributed by atoms with Crippen molar-refractivity contribution in [2.75, 3.05) is 18.5 Å². The Bertz CT molecular complexity index is 1120. The lowest BCUT2D eigenvalue weighted by Crippen LogP contribution is -2.28. The van der Waals surface area contributed by atoms with Crippen LogP contribution in [0.25, 0.3) is 0 Å². The number of hydrogen-bond acceptors (Lipinski definition) is 8. The molecule has 1 fully saturated rings. The number of anilines is 1. The SMILES string of the molecule is CCCNC(=O)OC1CCC(c2cc(NC(=O)COc3cccc(O)c3C=O)n[nH]2)C1.O=C(O)C(F)(F)F. The first kappa shape index (κ1) is 29.9. The molecule has 0 bridgehead atoms. The maximum absolute atomic E-state index is 12.2. The number of nitrogens with zero attached hydrogens (tertiary/aromatic N) is 1. The van der Waals surface area contributed by atoms with Gasteiger partial charge < -0.3 is 30.3 Å². The van der Waals surface area contributed by atoms with Gasteiger partial charge in [-0.3, -0.25) is 14.7 Å². The molecule has 2 amide bonds. The fourth-order valence-electron chi connectivity index (χ4n) is 3.46. The smallest absolute Gasteiger partial charge is 0.490 e. The number of carboxylic acids is 1. The number of carbonyl (C=O) groups is 4. The number of H-pyrrole nitrogens is 1. The molecule has 2 aromatic rings. The van der Waals surface area contributed by atoms with E-state index in [-0.39, 0.29) is 35.7 Å². The van der Waals surface area contributed by atoms with Gasteiger partial charge in [0.2, 0.25) is 0 Å². The van der Waals surface area contributed by atoms with Crippen LogP contribution in [0.4, 0.5) is 23.8 Å². The van der Waals surface area contributed by atoms with Crippen LogP contribution in [0, 0.1) is 0 Å². The molecule has 2 atom stereocenters. The van der Waals surface area contributed by atoms with Gasteiger partial charge in [-0.05, 0) is 37.8 Å². The maximum atomic E-state index is 12.2. The number of hydrogen-bond donors (Lipinski definition) is 5. The molecule has 0 aliphatic heterocycles. The van der Waals surface area contributed by atoms with Crippen LogP contribution in [0.3, 0.4) is 0 Å². The molecular weight excluding hydrogens is 517 g/mol. The van der Waals surface area contributed by atoms with Crippen molar-refractivity contribution in [3.63, 3.8) is 0 Å². The first-order chi connectivity index (χ1) is 17.9. The highest BCUT2D eigenvalue weighted by atomic mass is 19.4. The third kappa shape index (κ3) is 9.29. The number of alkyl carbamates (subject to hydrolysis) is 1. The second-order valence-electron chi connectivity index (χ2n) is 8.12. The zero-order valence-corrected chi connectivity index (χ0v) is 20.2. The van der Waals surface area contributed by atoms with Gasteiger partial charge in [-0.2, -0.15) is 18.3 Å². The average Bonchev–Trinajstić information content (AvgIpc) is 3.51. The van der Waals surface area contributed by atoms with Gasteiger partial charge in [-0.25, -0.2) is 9.59 Å². The molecular formula is C23H27F3N4O8. The predicted molar refractivity (Wildman–Crippen MR) is 125 cm³/mol. The molecule has 0 spiro atoms. The quantitative estimate of drug-likeness (QED) is 0.296. The Morgan fingerprint density at radius 1 is 1.26 bits per heavy atom. The monoisotopic (exact) mass is 544 g/mol. The fraction of sp³-hybridized carbons (Fsp3) is 0.435. The number of aldehydes is 1. The Labute approximate surface area is 214 Å². The van der Waals surface area contributed by atoms with E-state index in [2.05, 4.69) is 20.8 Å². The highest BCUT2D eigenvalue weighted by Crippen LogP contribution is 2.35. The van der Waals surface area contributed by atoms with Crippen LogP contribution >= 0.6 is 0 Å². The minimum absolute atomic E-state index is 0.0151. The number of rotatable bonds is 9. The number of carboxylic acid groups (broad SMARTS) is 1. The Balaban J connectivity index is 0.000000638. The first-order valence-corrected chi connectivity index (χ1v) is 11.4. The molecule has 5 N–H and O–H groups in total. The molecule has 1 aromatic heterocycles. The van der Waals surface area contributed by atoms with Crippen LogP contribution in [0.2, 0.25) is 0 Å². The van der Waals surface area contributed by atoms with E-state index in [1.807, 2.05) is 6.92 Å². The number of aromatic amines is 1. The summed E-state index contributed by atoms with van der Waals surface area (Å²) >= 11 is 0. The Morgan fingerprint density at radius 2 is 1.97 bits per heavy atom. The molecule has 1 aromatic carbocycles. The summed E-state index contributed by atoms with van der Waals surface area (Å²) in [4.78, 5) is 43.8. The van der Waals surface area contributed by atoms with Gasteiger partial charge in [-0.15, -0.1) is 0 Å². The third-order valence-electron chi connectivity index (χ3n) is 5.24. The molecule has 1 aliphatic carbocycles. The van der Waals surface area contributed by atoms with Crippen LogP contribution in [0.15, 0.2) is 24.3 Å². The number of benzene rings is 1. The lowest BCUT2D eigenvalue weighted by atomic mass is 10.0. The van der Waals surface area contributed by atoms with E-state index in [0.29, 0.717) is 25.1 Å².